The third-order valence-corrected chi connectivity index (χ3v) is 3.37. The van der Waals surface area contributed by atoms with Crippen molar-refractivity contribution in [2.75, 3.05) is 13.2 Å². The number of carboxylic acid groups (broad SMARTS) is 1. The quantitative estimate of drug-likeness (QED) is 0.326. The second-order valence-electron chi connectivity index (χ2n) is 4.92. The van der Waals surface area contributed by atoms with Gasteiger partial charge in [-0.1, -0.05) is 18.7 Å². The summed E-state index contributed by atoms with van der Waals surface area (Å²) >= 11 is 0. The van der Waals surface area contributed by atoms with Crippen LogP contribution in [0.15, 0.2) is 24.3 Å². The first-order valence-electron chi connectivity index (χ1n) is 6.47. The Morgan fingerprint density at radius 2 is 1.71 bits per heavy atom. The zero-order valence-electron chi connectivity index (χ0n) is 11.5. The van der Waals surface area contributed by atoms with Gasteiger partial charge in [0.25, 0.3) is 0 Å². The van der Waals surface area contributed by atoms with Crippen LogP contribution in [0.4, 0.5) is 0 Å². The highest BCUT2D eigenvalue weighted by atomic mass is 16.6. The molecule has 0 aromatic heterocycles. The van der Waals surface area contributed by atoms with Crippen molar-refractivity contribution >= 4 is 17.9 Å². The predicted octanol–water partition coefficient (Wildman–Crippen LogP) is 0.303. The van der Waals surface area contributed by atoms with E-state index >= 15 is 0 Å². The molecular weight excluding hydrogens is 280 g/mol. The Hall–Kier alpha value is -2.15. The van der Waals surface area contributed by atoms with E-state index in [4.69, 9.17) is 19.3 Å². The van der Waals surface area contributed by atoms with E-state index in [0.29, 0.717) is 0 Å². The molecule has 21 heavy (non-hydrogen) atoms. The Morgan fingerprint density at radius 3 is 2.29 bits per heavy atom. The molecule has 0 spiro atoms. The van der Waals surface area contributed by atoms with E-state index in [9.17, 15) is 14.4 Å². The lowest BCUT2D eigenvalue weighted by Crippen LogP contribution is -2.37. The molecule has 0 saturated carbocycles. The molecule has 114 valence electrons. The van der Waals surface area contributed by atoms with Crippen molar-refractivity contribution in [3.63, 3.8) is 0 Å². The summed E-state index contributed by atoms with van der Waals surface area (Å²) in [7, 11) is 0. The van der Waals surface area contributed by atoms with E-state index in [2.05, 4.69) is 6.58 Å². The Kier molecular flexibility index (Phi) is 4.42. The van der Waals surface area contributed by atoms with Crippen LogP contribution in [0, 0.1) is 11.8 Å². The van der Waals surface area contributed by atoms with Gasteiger partial charge >= 0.3 is 17.9 Å². The Balaban J connectivity index is 1.83. The molecule has 1 fully saturated rings. The van der Waals surface area contributed by atoms with Gasteiger partial charge in [0, 0.05) is 5.57 Å². The number of carbonyl (C=O) groups is 3. The van der Waals surface area contributed by atoms with Crippen LogP contribution in [0.2, 0.25) is 0 Å². The number of ether oxygens (including phenoxy) is 3. The number of hydrogen-bond donors (Lipinski definition) is 1. The van der Waals surface area contributed by atoms with Gasteiger partial charge in [-0.3, -0.25) is 9.59 Å². The number of carboxylic acids is 1. The highest BCUT2D eigenvalue weighted by Crippen LogP contribution is 2.39. The number of hydrogen-bond acceptors (Lipinski definition) is 6. The molecule has 2 aliphatic heterocycles. The molecule has 0 aromatic carbocycles. The summed E-state index contributed by atoms with van der Waals surface area (Å²) in [4.78, 5) is 34.3. The van der Waals surface area contributed by atoms with Crippen LogP contribution in [-0.4, -0.2) is 48.4 Å². The topological polar surface area (TPSA) is 99.1 Å². The molecule has 2 aliphatic rings. The van der Waals surface area contributed by atoms with Gasteiger partial charge in [-0.25, -0.2) is 4.79 Å². The molecule has 7 nitrogen and oxygen atoms in total. The van der Waals surface area contributed by atoms with Crippen molar-refractivity contribution in [2.24, 2.45) is 11.8 Å². The second-order valence-corrected chi connectivity index (χ2v) is 4.92. The normalized spacial score (nSPS) is 29.2. The van der Waals surface area contributed by atoms with Crippen molar-refractivity contribution < 1.29 is 33.7 Å². The third-order valence-electron chi connectivity index (χ3n) is 3.37. The van der Waals surface area contributed by atoms with Gasteiger partial charge in [0.15, 0.2) is 0 Å². The van der Waals surface area contributed by atoms with Crippen LogP contribution in [0.1, 0.15) is 6.92 Å². The van der Waals surface area contributed by atoms with Crippen LogP contribution >= 0.6 is 0 Å². The standard InChI is InChI=1S/C14H16O7/c1-7(2)13(17)19-5-6-20-14(18)11-9-4-3-8(21-9)10(11)12(15)16/h3-4,8-11H,1,5-6H2,2H3,(H,15,16)/t8-,9+,10-,11+/m1/s1. The first kappa shape index (κ1) is 15.2. The van der Waals surface area contributed by atoms with E-state index in [1.54, 1.807) is 12.2 Å². The molecular formula is C14H16O7. The molecule has 2 bridgehead atoms. The summed E-state index contributed by atoms with van der Waals surface area (Å²) in [5, 5.41) is 9.16. The first-order valence-corrected chi connectivity index (χ1v) is 6.47. The lowest BCUT2D eigenvalue weighted by molar-refractivity contribution is -0.159. The maximum absolute atomic E-state index is 12.0. The van der Waals surface area contributed by atoms with Crippen LogP contribution in [0.25, 0.3) is 0 Å². The summed E-state index contributed by atoms with van der Waals surface area (Å²) in [6, 6.07) is 0. The minimum absolute atomic E-state index is 0.104. The van der Waals surface area contributed by atoms with Crippen molar-refractivity contribution in [1.82, 2.24) is 0 Å². The molecule has 1 N–H and O–H groups in total. The van der Waals surface area contributed by atoms with Gasteiger partial charge in [-0.2, -0.15) is 0 Å². The molecule has 0 amide bonds. The van der Waals surface area contributed by atoms with Gasteiger partial charge in [0.1, 0.15) is 25.0 Å². The fraction of sp³-hybridized carbons (Fsp3) is 0.500. The predicted molar refractivity (Wildman–Crippen MR) is 69.1 cm³/mol. The minimum Gasteiger partial charge on any atom is -0.481 e. The van der Waals surface area contributed by atoms with Gasteiger partial charge in [0.05, 0.1) is 12.2 Å². The zero-order chi connectivity index (χ0) is 15.6. The Bertz CT molecular complexity index is 507. The SMILES string of the molecule is C=C(C)C(=O)OCCOC(=O)[C@@H]1[C@H](C(=O)O)[C@H]2C=C[C@@H]1O2. The van der Waals surface area contributed by atoms with E-state index in [1.807, 2.05) is 0 Å². The lowest BCUT2D eigenvalue weighted by Gasteiger charge is -2.20. The first-order chi connectivity index (χ1) is 9.91. The van der Waals surface area contributed by atoms with Crippen molar-refractivity contribution in [3.8, 4) is 0 Å². The fourth-order valence-electron chi connectivity index (χ4n) is 2.38. The van der Waals surface area contributed by atoms with E-state index in [1.165, 1.54) is 6.92 Å². The van der Waals surface area contributed by atoms with E-state index < -0.39 is 42.0 Å². The summed E-state index contributed by atoms with van der Waals surface area (Å²) in [6.45, 7) is 4.68. The fourth-order valence-corrected chi connectivity index (χ4v) is 2.38. The van der Waals surface area contributed by atoms with Crippen molar-refractivity contribution in [2.45, 2.75) is 19.1 Å². The minimum atomic E-state index is -1.09. The summed E-state index contributed by atoms with van der Waals surface area (Å²) < 4.78 is 15.1. The van der Waals surface area contributed by atoms with E-state index in [-0.39, 0.29) is 18.8 Å². The number of rotatable bonds is 6. The van der Waals surface area contributed by atoms with Crippen LogP contribution < -0.4 is 0 Å². The number of aliphatic carboxylic acids is 1. The summed E-state index contributed by atoms with van der Waals surface area (Å²) in [6.07, 6.45) is 2.15. The second kappa shape index (κ2) is 6.09. The third kappa shape index (κ3) is 3.13. The molecule has 7 heteroatoms. The van der Waals surface area contributed by atoms with Gasteiger partial charge in [0.2, 0.25) is 0 Å². The van der Waals surface area contributed by atoms with E-state index in [0.717, 1.165) is 0 Å². The molecule has 2 rings (SSSR count). The monoisotopic (exact) mass is 296 g/mol. The summed E-state index contributed by atoms with van der Waals surface area (Å²) in [5.41, 5.74) is 0.249. The molecule has 0 unspecified atom stereocenters. The van der Waals surface area contributed by atoms with Crippen LogP contribution in [-0.2, 0) is 28.6 Å². The zero-order valence-corrected chi connectivity index (χ0v) is 11.5. The average Bonchev–Trinajstić information content (AvgIpc) is 3.03. The number of esters is 2. The molecule has 0 aliphatic carbocycles. The molecule has 4 atom stereocenters. The Morgan fingerprint density at radius 1 is 1.14 bits per heavy atom. The Labute approximate surface area is 121 Å². The highest BCUT2D eigenvalue weighted by molar-refractivity contribution is 5.87. The van der Waals surface area contributed by atoms with Gasteiger partial charge < -0.3 is 19.3 Å². The molecule has 0 radical (unpaired) electrons. The van der Waals surface area contributed by atoms with Crippen molar-refractivity contribution in [3.05, 3.63) is 24.3 Å². The molecule has 2 heterocycles. The number of fused-ring (bicyclic) bond motifs is 2. The molecule has 1 saturated heterocycles. The van der Waals surface area contributed by atoms with Crippen LogP contribution in [0.3, 0.4) is 0 Å². The highest BCUT2D eigenvalue weighted by Gasteiger charge is 2.54. The molecule has 0 aromatic rings. The van der Waals surface area contributed by atoms with Crippen molar-refractivity contribution in [1.29, 1.82) is 0 Å². The van der Waals surface area contributed by atoms with Crippen LogP contribution in [0.5, 0.6) is 0 Å². The summed E-state index contributed by atoms with van der Waals surface area (Å²) in [5.74, 6) is -4.13. The van der Waals surface area contributed by atoms with Gasteiger partial charge in [-0.15, -0.1) is 0 Å². The average molecular weight is 296 g/mol. The number of carbonyl (C=O) groups excluding carboxylic acids is 2. The lowest BCUT2D eigenvalue weighted by atomic mass is 9.83. The maximum Gasteiger partial charge on any atom is 0.333 e. The largest absolute Gasteiger partial charge is 0.481 e. The van der Waals surface area contributed by atoms with Gasteiger partial charge in [-0.05, 0) is 6.92 Å². The maximum atomic E-state index is 12.0. The smallest absolute Gasteiger partial charge is 0.333 e.